The third-order valence-electron chi connectivity index (χ3n) is 3.25. The summed E-state index contributed by atoms with van der Waals surface area (Å²) in [6, 6.07) is 10.5. The maximum Gasteiger partial charge on any atom is 0.228 e. The Labute approximate surface area is 124 Å². The Bertz CT molecular complexity index is 638. The molecule has 98 valence electrons. The molecule has 2 aromatic rings. The van der Waals surface area contributed by atoms with E-state index in [9.17, 15) is 4.79 Å². The molecule has 1 atom stereocenters. The van der Waals surface area contributed by atoms with Gasteiger partial charge in [-0.1, -0.05) is 12.1 Å². The van der Waals surface area contributed by atoms with Crippen molar-refractivity contribution < 1.29 is 4.79 Å². The predicted molar refractivity (Wildman–Crippen MR) is 81.7 cm³/mol. The summed E-state index contributed by atoms with van der Waals surface area (Å²) in [5.41, 5.74) is 3.21. The van der Waals surface area contributed by atoms with E-state index >= 15 is 0 Å². The molecular formula is C14H13BrN2OS. The van der Waals surface area contributed by atoms with Crippen LogP contribution in [0.5, 0.6) is 0 Å². The minimum absolute atomic E-state index is 0.0759. The first-order chi connectivity index (χ1) is 9.17. The van der Waals surface area contributed by atoms with Gasteiger partial charge in [0.15, 0.2) is 0 Å². The van der Waals surface area contributed by atoms with Gasteiger partial charge in [-0.2, -0.15) is 0 Å². The van der Waals surface area contributed by atoms with Gasteiger partial charge in [0.2, 0.25) is 5.91 Å². The van der Waals surface area contributed by atoms with E-state index in [1.807, 2.05) is 13.1 Å². The van der Waals surface area contributed by atoms with Crippen molar-refractivity contribution in [1.29, 1.82) is 0 Å². The van der Waals surface area contributed by atoms with Gasteiger partial charge < -0.3 is 10.6 Å². The number of carbonyl (C=O) groups is 1. The predicted octanol–water partition coefficient (Wildman–Crippen LogP) is 3.31. The molecule has 0 saturated heterocycles. The van der Waals surface area contributed by atoms with Crippen LogP contribution >= 0.6 is 27.3 Å². The minimum atomic E-state index is 0.0759. The molecule has 1 aliphatic rings. The largest absolute Gasteiger partial charge is 0.326 e. The molecule has 0 fully saturated rings. The molecule has 5 heteroatoms. The molecule has 0 saturated carbocycles. The number of carbonyl (C=O) groups excluding carboxylic acids is 1. The van der Waals surface area contributed by atoms with E-state index in [0.29, 0.717) is 6.42 Å². The highest BCUT2D eigenvalue weighted by molar-refractivity contribution is 9.11. The second-order valence-electron chi connectivity index (χ2n) is 4.51. The SMILES string of the molecule is CNC(c1ccc2c(c1)CC(=O)N2)c1ccc(Br)s1. The molecule has 1 amide bonds. The van der Waals surface area contributed by atoms with E-state index in [1.165, 1.54) is 10.4 Å². The van der Waals surface area contributed by atoms with Crippen LogP contribution in [0.2, 0.25) is 0 Å². The molecule has 1 aliphatic heterocycles. The Morgan fingerprint density at radius 3 is 2.89 bits per heavy atom. The molecule has 0 aliphatic carbocycles. The van der Waals surface area contributed by atoms with Crippen LogP contribution < -0.4 is 10.6 Å². The van der Waals surface area contributed by atoms with Crippen molar-refractivity contribution in [3.8, 4) is 0 Å². The average Bonchev–Trinajstić information content (AvgIpc) is 2.95. The van der Waals surface area contributed by atoms with Crippen molar-refractivity contribution in [2.45, 2.75) is 12.5 Å². The van der Waals surface area contributed by atoms with Crippen molar-refractivity contribution >= 4 is 38.9 Å². The zero-order valence-corrected chi connectivity index (χ0v) is 12.8. The van der Waals surface area contributed by atoms with Crippen LogP contribution in [0.3, 0.4) is 0 Å². The molecule has 3 nitrogen and oxygen atoms in total. The number of benzene rings is 1. The maximum absolute atomic E-state index is 11.4. The fourth-order valence-corrected chi connectivity index (χ4v) is 3.95. The monoisotopic (exact) mass is 336 g/mol. The average molecular weight is 337 g/mol. The van der Waals surface area contributed by atoms with Crippen molar-refractivity contribution in [2.75, 3.05) is 12.4 Å². The van der Waals surface area contributed by atoms with Crippen LogP contribution in [-0.4, -0.2) is 13.0 Å². The van der Waals surface area contributed by atoms with Gasteiger partial charge in [-0.3, -0.25) is 4.79 Å². The number of nitrogens with one attached hydrogen (secondary N) is 2. The van der Waals surface area contributed by atoms with Crippen molar-refractivity contribution in [2.24, 2.45) is 0 Å². The first-order valence-corrected chi connectivity index (χ1v) is 7.63. The summed E-state index contributed by atoms with van der Waals surface area (Å²) in [5.74, 6) is 0.0759. The Hall–Kier alpha value is -1.17. The van der Waals surface area contributed by atoms with Crippen molar-refractivity contribution in [3.63, 3.8) is 0 Å². The molecule has 1 aromatic heterocycles. The quantitative estimate of drug-likeness (QED) is 0.902. The van der Waals surface area contributed by atoms with E-state index in [1.54, 1.807) is 11.3 Å². The van der Waals surface area contributed by atoms with E-state index in [0.717, 1.165) is 15.0 Å². The maximum atomic E-state index is 11.4. The summed E-state index contributed by atoms with van der Waals surface area (Å²) in [6.45, 7) is 0. The summed E-state index contributed by atoms with van der Waals surface area (Å²) in [4.78, 5) is 12.6. The molecular weight excluding hydrogens is 324 g/mol. The van der Waals surface area contributed by atoms with E-state index < -0.39 is 0 Å². The number of amides is 1. The lowest BCUT2D eigenvalue weighted by Crippen LogP contribution is -2.16. The molecule has 0 radical (unpaired) electrons. The van der Waals surface area contributed by atoms with Gasteiger partial charge in [-0.15, -0.1) is 11.3 Å². The van der Waals surface area contributed by atoms with Gasteiger partial charge in [0.1, 0.15) is 0 Å². The Kier molecular flexibility index (Phi) is 3.43. The number of hydrogen-bond acceptors (Lipinski definition) is 3. The van der Waals surface area contributed by atoms with Crippen molar-refractivity contribution in [1.82, 2.24) is 5.32 Å². The lowest BCUT2D eigenvalue weighted by atomic mass is 10.0. The van der Waals surface area contributed by atoms with Crippen LogP contribution in [0.15, 0.2) is 34.1 Å². The fraction of sp³-hybridized carbons (Fsp3) is 0.214. The van der Waals surface area contributed by atoms with Crippen molar-refractivity contribution in [3.05, 3.63) is 50.1 Å². The number of fused-ring (bicyclic) bond motifs is 1. The van der Waals surface area contributed by atoms with Crippen LogP contribution in [0.25, 0.3) is 0 Å². The summed E-state index contributed by atoms with van der Waals surface area (Å²) in [6.07, 6.45) is 0.480. The lowest BCUT2D eigenvalue weighted by Gasteiger charge is -2.16. The van der Waals surface area contributed by atoms with Gasteiger partial charge >= 0.3 is 0 Å². The molecule has 1 aromatic carbocycles. The van der Waals surface area contributed by atoms with Gasteiger partial charge in [0.25, 0.3) is 0 Å². The van der Waals surface area contributed by atoms with E-state index in [-0.39, 0.29) is 11.9 Å². The second-order valence-corrected chi connectivity index (χ2v) is 7.00. The van der Waals surface area contributed by atoms with Crippen LogP contribution in [0.4, 0.5) is 5.69 Å². The van der Waals surface area contributed by atoms with Crippen LogP contribution in [0.1, 0.15) is 22.0 Å². The highest BCUT2D eigenvalue weighted by atomic mass is 79.9. The van der Waals surface area contributed by atoms with Gasteiger partial charge in [0.05, 0.1) is 16.2 Å². The summed E-state index contributed by atoms with van der Waals surface area (Å²) >= 11 is 5.22. The Balaban J connectivity index is 1.97. The molecule has 1 unspecified atom stereocenters. The number of halogens is 1. The summed E-state index contributed by atoms with van der Waals surface area (Å²) < 4.78 is 1.13. The minimum Gasteiger partial charge on any atom is -0.326 e. The zero-order valence-electron chi connectivity index (χ0n) is 10.4. The third-order valence-corrected chi connectivity index (χ3v) is 4.94. The first-order valence-electron chi connectivity index (χ1n) is 6.02. The zero-order chi connectivity index (χ0) is 13.4. The molecule has 19 heavy (non-hydrogen) atoms. The Morgan fingerprint density at radius 1 is 1.37 bits per heavy atom. The van der Waals surface area contributed by atoms with E-state index in [2.05, 4.69) is 50.8 Å². The lowest BCUT2D eigenvalue weighted by molar-refractivity contribution is -0.115. The smallest absolute Gasteiger partial charge is 0.228 e. The molecule has 0 spiro atoms. The number of rotatable bonds is 3. The van der Waals surface area contributed by atoms with Crippen LogP contribution in [0, 0.1) is 0 Å². The van der Waals surface area contributed by atoms with Gasteiger partial charge in [-0.25, -0.2) is 0 Å². The van der Waals surface area contributed by atoms with Crippen LogP contribution in [-0.2, 0) is 11.2 Å². The van der Waals surface area contributed by atoms with Gasteiger partial charge in [-0.05, 0) is 52.3 Å². The standard InChI is InChI=1S/C14H13BrN2OS/c1-16-14(11-4-5-12(15)19-11)8-2-3-10-9(6-8)7-13(18)17-10/h2-6,14,16H,7H2,1H3,(H,17,18). The highest BCUT2D eigenvalue weighted by Gasteiger charge is 2.20. The Morgan fingerprint density at radius 2 is 2.21 bits per heavy atom. The fourth-order valence-electron chi connectivity index (χ4n) is 2.39. The highest BCUT2D eigenvalue weighted by Crippen LogP contribution is 2.33. The molecule has 2 N–H and O–H groups in total. The third kappa shape index (κ3) is 2.45. The molecule has 2 heterocycles. The van der Waals surface area contributed by atoms with E-state index in [4.69, 9.17) is 0 Å². The second kappa shape index (κ2) is 5.07. The molecule has 0 bridgehead atoms. The topological polar surface area (TPSA) is 41.1 Å². The number of anilines is 1. The first kappa shape index (κ1) is 12.8. The number of hydrogen-bond donors (Lipinski definition) is 2. The molecule has 3 rings (SSSR count). The number of thiophene rings is 1. The summed E-state index contributed by atoms with van der Waals surface area (Å²) in [7, 11) is 1.95. The van der Waals surface area contributed by atoms with Gasteiger partial charge in [0, 0.05) is 10.6 Å². The summed E-state index contributed by atoms with van der Waals surface area (Å²) in [5, 5.41) is 6.20. The normalized spacial score (nSPS) is 15.2.